The fraction of sp³-hybridized carbons (Fsp3) is 0.250. The van der Waals surface area contributed by atoms with Crippen LogP contribution in [0.1, 0.15) is 62.4 Å². The van der Waals surface area contributed by atoms with Crippen molar-refractivity contribution < 1.29 is 24.5 Å². The first kappa shape index (κ1) is 26.6. The van der Waals surface area contributed by atoms with Crippen molar-refractivity contribution in [1.29, 1.82) is 0 Å². The van der Waals surface area contributed by atoms with Crippen LogP contribution in [0.3, 0.4) is 0 Å². The minimum absolute atomic E-state index is 0.139. The van der Waals surface area contributed by atoms with E-state index in [-0.39, 0.29) is 24.3 Å². The first-order chi connectivity index (χ1) is 17.9. The summed E-state index contributed by atoms with van der Waals surface area (Å²) in [6.45, 7) is 2.76. The van der Waals surface area contributed by atoms with Gasteiger partial charge in [-0.15, -0.1) is 11.3 Å². The summed E-state index contributed by atoms with van der Waals surface area (Å²) in [5.74, 6) is -1.18. The van der Waals surface area contributed by atoms with Crippen molar-refractivity contribution >= 4 is 34.9 Å². The molecular formula is C28H27ClN2O5S. The number of hydrogen-bond acceptors (Lipinski definition) is 5. The number of carboxylic acid groups (broad SMARTS) is 2. The highest BCUT2D eigenvalue weighted by molar-refractivity contribution is 7.10. The molecule has 2 heterocycles. The molecule has 7 nitrogen and oxygen atoms in total. The molecule has 0 aliphatic carbocycles. The molecule has 192 valence electrons. The zero-order chi connectivity index (χ0) is 26.4. The molecule has 2 aromatic carbocycles. The number of aromatic carboxylic acids is 2. The van der Waals surface area contributed by atoms with Crippen molar-refractivity contribution in [3.8, 4) is 11.1 Å². The van der Waals surface area contributed by atoms with Crippen molar-refractivity contribution in [2.24, 2.45) is 0 Å². The van der Waals surface area contributed by atoms with Gasteiger partial charge < -0.3 is 19.5 Å². The van der Waals surface area contributed by atoms with Crippen molar-refractivity contribution in [2.45, 2.75) is 45.9 Å². The van der Waals surface area contributed by atoms with E-state index >= 15 is 0 Å². The number of halogens is 1. The van der Waals surface area contributed by atoms with Crippen LogP contribution in [0.2, 0.25) is 5.15 Å². The quantitative estimate of drug-likeness (QED) is 0.206. The minimum Gasteiger partial charge on any atom is -0.478 e. The lowest BCUT2D eigenvalue weighted by atomic mass is 9.97. The van der Waals surface area contributed by atoms with Gasteiger partial charge in [0, 0.05) is 17.8 Å². The topological polar surface area (TPSA) is 102 Å². The predicted octanol–water partition coefficient (Wildman–Crippen LogP) is 6.77. The molecule has 4 rings (SSSR count). The van der Waals surface area contributed by atoms with E-state index in [0.29, 0.717) is 27.8 Å². The van der Waals surface area contributed by atoms with Crippen LogP contribution < -0.4 is 0 Å². The van der Waals surface area contributed by atoms with Gasteiger partial charge in [-0.25, -0.2) is 14.6 Å². The van der Waals surface area contributed by atoms with Gasteiger partial charge in [0.25, 0.3) is 0 Å². The molecule has 2 aromatic heterocycles. The number of imidazole rings is 1. The van der Waals surface area contributed by atoms with Crippen LogP contribution >= 0.6 is 22.9 Å². The summed E-state index contributed by atoms with van der Waals surface area (Å²) in [4.78, 5) is 28.7. The molecule has 0 radical (unpaired) electrons. The molecule has 4 aromatic rings. The van der Waals surface area contributed by atoms with E-state index in [2.05, 4.69) is 11.9 Å². The predicted molar refractivity (Wildman–Crippen MR) is 144 cm³/mol. The van der Waals surface area contributed by atoms with Crippen LogP contribution in [-0.2, 0) is 30.9 Å². The normalized spacial score (nSPS) is 11.1. The fourth-order valence-corrected chi connectivity index (χ4v) is 5.21. The van der Waals surface area contributed by atoms with E-state index in [4.69, 9.17) is 16.3 Å². The summed E-state index contributed by atoms with van der Waals surface area (Å²) < 4.78 is 7.86. The summed E-state index contributed by atoms with van der Waals surface area (Å²) in [6.07, 6.45) is 2.64. The first-order valence-electron chi connectivity index (χ1n) is 11.9. The van der Waals surface area contributed by atoms with Crippen LogP contribution in [0.25, 0.3) is 11.1 Å². The molecule has 2 N–H and O–H groups in total. The highest BCUT2D eigenvalue weighted by Gasteiger charge is 2.19. The summed E-state index contributed by atoms with van der Waals surface area (Å²) in [7, 11) is 0. The highest BCUT2D eigenvalue weighted by Crippen LogP contribution is 2.27. The maximum Gasteiger partial charge on any atom is 0.336 e. The number of carboxylic acids is 2. The number of rotatable bonds is 12. The highest BCUT2D eigenvalue weighted by atomic mass is 35.5. The van der Waals surface area contributed by atoms with Gasteiger partial charge in [0.1, 0.15) is 5.82 Å². The monoisotopic (exact) mass is 538 g/mol. The second-order valence-electron chi connectivity index (χ2n) is 8.56. The molecule has 0 spiro atoms. The molecule has 0 saturated carbocycles. The van der Waals surface area contributed by atoms with E-state index in [1.807, 2.05) is 47.0 Å². The molecule has 0 atom stereocenters. The lowest BCUT2D eigenvalue weighted by molar-refractivity contribution is 0.0679. The number of carbonyl (C=O) groups is 2. The Morgan fingerprint density at radius 2 is 1.78 bits per heavy atom. The molecule has 0 aliphatic heterocycles. The Morgan fingerprint density at radius 1 is 1.03 bits per heavy atom. The fourth-order valence-electron chi connectivity index (χ4n) is 4.16. The standard InChI is InChI=1S/C28H27ClN2O5S/c1-2-3-9-25-30-26(29)23(16-36-17-24-21(27(32)33)12-13-37-24)31(25)15-18-10-11-20(22(14-18)28(34)35)19-7-5-4-6-8-19/h4-8,10-14H,2-3,9,15-17H2,1H3,(H,32,33)(H,34,35). The van der Waals surface area contributed by atoms with Gasteiger partial charge in [0.2, 0.25) is 0 Å². The Labute approximate surface area is 223 Å². The number of ether oxygens (including phenoxy) is 1. The summed E-state index contributed by atoms with van der Waals surface area (Å²) in [5.41, 5.74) is 3.42. The van der Waals surface area contributed by atoms with E-state index in [9.17, 15) is 19.8 Å². The van der Waals surface area contributed by atoms with Crippen molar-refractivity contribution in [3.63, 3.8) is 0 Å². The van der Waals surface area contributed by atoms with Gasteiger partial charge in [0.05, 0.1) is 30.0 Å². The molecule has 9 heteroatoms. The summed E-state index contributed by atoms with van der Waals surface area (Å²) >= 11 is 7.85. The van der Waals surface area contributed by atoms with Gasteiger partial charge in [0.15, 0.2) is 5.15 Å². The third-order valence-corrected chi connectivity index (χ3v) is 7.24. The average molecular weight is 539 g/mol. The second kappa shape index (κ2) is 12.2. The number of hydrogen-bond donors (Lipinski definition) is 2. The number of benzene rings is 2. The Morgan fingerprint density at radius 3 is 2.49 bits per heavy atom. The van der Waals surface area contributed by atoms with Gasteiger partial charge >= 0.3 is 11.9 Å². The number of thiophene rings is 1. The average Bonchev–Trinajstić information content (AvgIpc) is 3.48. The number of aryl methyl sites for hydroxylation is 1. The Hall–Kier alpha value is -3.46. The zero-order valence-electron chi connectivity index (χ0n) is 20.3. The zero-order valence-corrected chi connectivity index (χ0v) is 21.9. The lowest BCUT2D eigenvalue weighted by Crippen LogP contribution is -2.11. The van der Waals surface area contributed by atoms with E-state index in [0.717, 1.165) is 36.2 Å². The SMILES string of the molecule is CCCCc1nc(Cl)c(COCc2sccc2C(=O)O)n1Cc1ccc(-c2ccccc2)c(C(=O)O)c1. The molecule has 0 unspecified atom stereocenters. The van der Waals surface area contributed by atoms with Crippen LogP contribution in [0.15, 0.2) is 60.0 Å². The van der Waals surface area contributed by atoms with Crippen molar-refractivity contribution in [1.82, 2.24) is 9.55 Å². The second-order valence-corrected chi connectivity index (χ2v) is 9.92. The Kier molecular flexibility index (Phi) is 8.76. The first-order valence-corrected chi connectivity index (χ1v) is 13.2. The molecule has 0 aliphatic rings. The Bertz CT molecular complexity index is 1400. The number of nitrogens with zero attached hydrogens (tertiary/aromatic N) is 2. The van der Waals surface area contributed by atoms with Crippen LogP contribution in [0.4, 0.5) is 0 Å². The van der Waals surface area contributed by atoms with Gasteiger partial charge in [-0.2, -0.15) is 0 Å². The third kappa shape index (κ3) is 6.28. The van der Waals surface area contributed by atoms with Crippen molar-refractivity contribution in [2.75, 3.05) is 0 Å². The molecular weight excluding hydrogens is 512 g/mol. The molecule has 0 amide bonds. The van der Waals surface area contributed by atoms with Crippen molar-refractivity contribution in [3.05, 3.63) is 98.2 Å². The largest absolute Gasteiger partial charge is 0.478 e. The maximum absolute atomic E-state index is 12.1. The molecule has 0 bridgehead atoms. The van der Waals surface area contributed by atoms with E-state index in [1.165, 1.54) is 11.3 Å². The molecule has 0 fully saturated rings. The lowest BCUT2D eigenvalue weighted by Gasteiger charge is -2.15. The van der Waals surface area contributed by atoms with Crippen LogP contribution in [0, 0.1) is 0 Å². The smallest absolute Gasteiger partial charge is 0.336 e. The van der Waals surface area contributed by atoms with Crippen LogP contribution in [-0.4, -0.2) is 31.7 Å². The van der Waals surface area contributed by atoms with Gasteiger partial charge in [-0.3, -0.25) is 0 Å². The summed E-state index contributed by atoms with van der Waals surface area (Å²) in [6, 6.07) is 16.4. The Balaban J connectivity index is 1.62. The summed E-state index contributed by atoms with van der Waals surface area (Å²) in [5, 5.41) is 21.3. The number of aromatic nitrogens is 2. The van der Waals surface area contributed by atoms with E-state index < -0.39 is 11.9 Å². The van der Waals surface area contributed by atoms with E-state index in [1.54, 1.807) is 17.5 Å². The van der Waals surface area contributed by atoms with Crippen LogP contribution in [0.5, 0.6) is 0 Å². The number of unbranched alkanes of at least 4 members (excludes halogenated alkanes) is 1. The third-order valence-electron chi connectivity index (χ3n) is 6.04. The molecule has 0 saturated heterocycles. The molecule has 37 heavy (non-hydrogen) atoms. The van der Waals surface area contributed by atoms with Gasteiger partial charge in [-0.1, -0.05) is 67.4 Å². The minimum atomic E-state index is -0.996. The van der Waals surface area contributed by atoms with Gasteiger partial charge in [-0.05, 0) is 40.6 Å². The maximum atomic E-state index is 12.1.